The Balaban J connectivity index is 1.92. The van der Waals surface area contributed by atoms with Crippen molar-refractivity contribution in [2.45, 2.75) is 53.4 Å². The fourth-order valence-corrected chi connectivity index (χ4v) is 3.58. The zero-order chi connectivity index (χ0) is 16.9. The largest absolute Gasteiger partial charge is 0.357 e. The zero-order valence-corrected chi connectivity index (χ0v) is 15.4. The summed E-state index contributed by atoms with van der Waals surface area (Å²) in [4.78, 5) is 21.3. The lowest BCUT2D eigenvalue weighted by Gasteiger charge is -2.37. The normalized spacial score (nSPS) is 21.9. The summed E-state index contributed by atoms with van der Waals surface area (Å²) in [5, 5.41) is 3.43. The van der Waals surface area contributed by atoms with Crippen LogP contribution >= 0.6 is 0 Å². The first-order valence-electron chi connectivity index (χ1n) is 9.27. The molecule has 0 radical (unpaired) electrons. The standard InChI is InChI=1S/C18H34N4O/c1-5-19-17(20-14-18(4)8-6-7-9-18)22-12-10-21(11-13-22)16(23)15(2)3/h15H,5-14H2,1-4H3,(H,19,20). The minimum absolute atomic E-state index is 0.0887. The lowest BCUT2D eigenvalue weighted by Crippen LogP contribution is -2.54. The van der Waals surface area contributed by atoms with Crippen molar-refractivity contribution in [3.05, 3.63) is 0 Å². The molecule has 5 nitrogen and oxygen atoms in total. The molecule has 5 heteroatoms. The van der Waals surface area contributed by atoms with Crippen molar-refractivity contribution in [2.24, 2.45) is 16.3 Å². The van der Waals surface area contributed by atoms with E-state index in [4.69, 9.17) is 4.99 Å². The highest BCUT2D eigenvalue weighted by atomic mass is 16.2. The Kier molecular flexibility index (Phi) is 6.31. The average molecular weight is 322 g/mol. The maximum absolute atomic E-state index is 12.1. The summed E-state index contributed by atoms with van der Waals surface area (Å²) in [6, 6.07) is 0. The van der Waals surface area contributed by atoms with E-state index in [1.54, 1.807) is 0 Å². The van der Waals surface area contributed by atoms with Crippen LogP contribution in [0.4, 0.5) is 0 Å². The molecule has 0 aromatic heterocycles. The molecule has 2 fully saturated rings. The van der Waals surface area contributed by atoms with Crippen molar-refractivity contribution in [2.75, 3.05) is 39.3 Å². The summed E-state index contributed by atoms with van der Waals surface area (Å²) in [5.74, 6) is 1.38. The van der Waals surface area contributed by atoms with Gasteiger partial charge in [0, 0.05) is 45.2 Å². The van der Waals surface area contributed by atoms with E-state index in [9.17, 15) is 4.79 Å². The third-order valence-corrected chi connectivity index (χ3v) is 5.14. The molecule has 0 aromatic carbocycles. The van der Waals surface area contributed by atoms with Gasteiger partial charge in [-0.2, -0.15) is 0 Å². The van der Waals surface area contributed by atoms with Crippen LogP contribution in [0.2, 0.25) is 0 Å². The number of hydrogen-bond acceptors (Lipinski definition) is 2. The number of amides is 1. The van der Waals surface area contributed by atoms with Crippen LogP contribution in [0.15, 0.2) is 4.99 Å². The van der Waals surface area contributed by atoms with Gasteiger partial charge in [-0.15, -0.1) is 0 Å². The van der Waals surface area contributed by atoms with Gasteiger partial charge in [0.2, 0.25) is 5.91 Å². The lowest BCUT2D eigenvalue weighted by atomic mass is 9.89. The molecule has 0 aromatic rings. The van der Waals surface area contributed by atoms with Crippen LogP contribution in [0.25, 0.3) is 0 Å². The number of hydrogen-bond donors (Lipinski definition) is 1. The highest BCUT2D eigenvalue weighted by Gasteiger charge is 2.29. The number of rotatable bonds is 4. The maximum atomic E-state index is 12.1. The Morgan fingerprint density at radius 1 is 1.13 bits per heavy atom. The molecule has 2 rings (SSSR count). The summed E-state index contributed by atoms with van der Waals surface area (Å²) in [6.07, 6.45) is 5.29. The number of piperazine rings is 1. The van der Waals surface area contributed by atoms with Crippen LogP contribution in [0.3, 0.4) is 0 Å². The Hall–Kier alpha value is -1.26. The Morgan fingerprint density at radius 2 is 1.70 bits per heavy atom. The summed E-state index contributed by atoms with van der Waals surface area (Å²) in [6.45, 7) is 13.6. The summed E-state index contributed by atoms with van der Waals surface area (Å²) < 4.78 is 0. The van der Waals surface area contributed by atoms with E-state index in [1.165, 1.54) is 25.7 Å². The number of carbonyl (C=O) groups excluding carboxylic acids is 1. The highest BCUT2D eigenvalue weighted by molar-refractivity contribution is 5.81. The average Bonchev–Trinajstić information content (AvgIpc) is 2.98. The number of nitrogens with one attached hydrogen (secondary N) is 1. The molecule has 2 aliphatic rings. The monoisotopic (exact) mass is 322 g/mol. The number of guanidine groups is 1. The van der Waals surface area contributed by atoms with Crippen LogP contribution in [0, 0.1) is 11.3 Å². The predicted molar refractivity (Wildman–Crippen MR) is 95.5 cm³/mol. The molecule has 1 saturated heterocycles. The number of carbonyl (C=O) groups is 1. The van der Waals surface area contributed by atoms with Crippen LogP contribution in [-0.2, 0) is 4.79 Å². The van der Waals surface area contributed by atoms with Gasteiger partial charge in [0.25, 0.3) is 0 Å². The molecule has 132 valence electrons. The second-order valence-electron chi connectivity index (χ2n) is 7.65. The van der Waals surface area contributed by atoms with Crippen molar-refractivity contribution in [3.8, 4) is 0 Å². The van der Waals surface area contributed by atoms with Gasteiger partial charge in [0.1, 0.15) is 0 Å². The summed E-state index contributed by atoms with van der Waals surface area (Å²) >= 11 is 0. The van der Waals surface area contributed by atoms with Gasteiger partial charge in [-0.25, -0.2) is 0 Å². The molecule has 0 atom stereocenters. The molecule has 1 aliphatic carbocycles. The van der Waals surface area contributed by atoms with Crippen molar-refractivity contribution in [1.82, 2.24) is 15.1 Å². The molecule has 1 heterocycles. The summed E-state index contributed by atoms with van der Waals surface area (Å²) in [7, 11) is 0. The van der Waals surface area contributed by atoms with Crippen LogP contribution < -0.4 is 5.32 Å². The lowest BCUT2D eigenvalue weighted by molar-refractivity contribution is -0.135. The first-order valence-corrected chi connectivity index (χ1v) is 9.27. The van der Waals surface area contributed by atoms with Gasteiger partial charge in [-0.3, -0.25) is 9.79 Å². The number of aliphatic imine (C=N–C) groups is 1. The second kappa shape index (κ2) is 8.02. The molecular weight excluding hydrogens is 288 g/mol. The van der Waals surface area contributed by atoms with Gasteiger partial charge in [0.05, 0.1) is 0 Å². The van der Waals surface area contributed by atoms with E-state index in [-0.39, 0.29) is 11.8 Å². The van der Waals surface area contributed by atoms with Crippen molar-refractivity contribution < 1.29 is 4.79 Å². The van der Waals surface area contributed by atoms with E-state index in [2.05, 4.69) is 24.1 Å². The molecule has 0 bridgehead atoms. The minimum atomic E-state index is 0.0887. The highest BCUT2D eigenvalue weighted by Crippen LogP contribution is 2.37. The zero-order valence-electron chi connectivity index (χ0n) is 15.4. The number of nitrogens with zero attached hydrogens (tertiary/aromatic N) is 3. The van der Waals surface area contributed by atoms with E-state index in [0.717, 1.165) is 45.2 Å². The molecule has 1 amide bonds. The van der Waals surface area contributed by atoms with Crippen molar-refractivity contribution in [3.63, 3.8) is 0 Å². The SMILES string of the molecule is CCNC(=NCC1(C)CCCC1)N1CCN(C(=O)C(C)C)CC1. The van der Waals surface area contributed by atoms with E-state index >= 15 is 0 Å². The molecule has 0 spiro atoms. The quantitative estimate of drug-likeness (QED) is 0.638. The third kappa shape index (κ3) is 4.85. The third-order valence-electron chi connectivity index (χ3n) is 5.14. The molecule has 23 heavy (non-hydrogen) atoms. The topological polar surface area (TPSA) is 47.9 Å². The predicted octanol–water partition coefficient (Wildman–Crippen LogP) is 2.33. The Morgan fingerprint density at radius 3 is 2.22 bits per heavy atom. The van der Waals surface area contributed by atoms with Crippen LogP contribution in [0.1, 0.15) is 53.4 Å². The van der Waals surface area contributed by atoms with Crippen molar-refractivity contribution >= 4 is 11.9 Å². The van der Waals surface area contributed by atoms with Gasteiger partial charge < -0.3 is 15.1 Å². The summed E-state index contributed by atoms with van der Waals surface area (Å²) in [5.41, 5.74) is 0.385. The molecule has 1 saturated carbocycles. The van der Waals surface area contributed by atoms with Gasteiger partial charge >= 0.3 is 0 Å². The molecular formula is C18H34N4O. The smallest absolute Gasteiger partial charge is 0.225 e. The maximum Gasteiger partial charge on any atom is 0.225 e. The fourth-order valence-electron chi connectivity index (χ4n) is 3.58. The minimum Gasteiger partial charge on any atom is -0.357 e. The molecule has 1 aliphatic heterocycles. The van der Waals surface area contributed by atoms with E-state index in [0.29, 0.717) is 5.41 Å². The second-order valence-corrected chi connectivity index (χ2v) is 7.65. The van der Waals surface area contributed by atoms with Crippen LogP contribution in [0.5, 0.6) is 0 Å². The first-order chi connectivity index (χ1) is 10.9. The molecule has 0 unspecified atom stereocenters. The van der Waals surface area contributed by atoms with Gasteiger partial charge in [-0.05, 0) is 25.2 Å². The fraction of sp³-hybridized carbons (Fsp3) is 0.889. The Bertz CT molecular complexity index is 419. The van der Waals surface area contributed by atoms with Gasteiger partial charge in [0.15, 0.2) is 5.96 Å². The van der Waals surface area contributed by atoms with E-state index < -0.39 is 0 Å². The first kappa shape index (κ1) is 18.1. The Labute approximate surface area is 141 Å². The van der Waals surface area contributed by atoms with Crippen LogP contribution in [-0.4, -0.2) is 60.9 Å². The van der Waals surface area contributed by atoms with E-state index in [1.807, 2.05) is 18.7 Å². The van der Waals surface area contributed by atoms with Crippen molar-refractivity contribution in [1.29, 1.82) is 0 Å². The molecule has 1 N–H and O–H groups in total. The van der Waals surface area contributed by atoms with Gasteiger partial charge in [-0.1, -0.05) is 33.6 Å².